The fourth-order valence-electron chi connectivity index (χ4n) is 1.73. The zero-order valence-electron chi connectivity index (χ0n) is 8.81. The third-order valence-corrected chi connectivity index (χ3v) is 2.52. The fraction of sp³-hybridized carbons (Fsp3) is 0.333. The molecule has 2 rings (SSSR count). The number of hydrogen-bond donors (Lipinski definition) is 0. The highest BCUT2D eigenvalue weighted by Crippen LogP contribution is 2.20. The summed E-state index contributed by atoms with van der Waals surface area (Å²) in [4.78, 5) is 19.5. The standard InChI is InChI=1S/C12H11N3O/c13-7-9-4-5-14-8-12(9)15-10-2-1-3-11(16)6-10/h4-5,8H,1-3,6H2. The zero-order chi connectivity index (χ0) is 11.4. The number of nitriles is 1. The smallest absolute Gasteiger partial charge is 0.138 e. The number of carbonyl (C=O) groups excluding carboxylic acids is 1. The molecule has 0 aliphatic heterocycles. The summed E-state index contributed by atoms with van der Waals surface area (Å²) in [6, 6.07) is 3.69. The van der Waals surface area contributed by atoms with Crippen molar-refractivity contribution in [1.82, 2.24) is 4.98 Å². The Morgan fingerprint density at radius 1 is 1.44 bits per heavy atom. The predicted molar refractivity (Wildman–Crippen MR) is 59.5 cm³/mol. The number of aromatic nitrogens is 1. The molecular formula is C12H11N3O. The van der Waals surface area contributed by atoms with Gasteiger partial charge in [-0.05, 0) is 18.9 Å². The molecule has 0 amide bonds. The molecule has 1 aliphatic carbocycles. The molecule has 0 bridgehead atoms. The lowest BCUT2D eigenvalue weighted by atomic mass is 9.97. The monoisotopic (exact) mass is 213 g/mol. The van der Waals surface area contributed by atoms with E-state index < -0.39 is 0 Å². The Kier molecular flexibility index (Phi) is 3.06. The summed E-state index contributed by atoms with van der Waals surface area (Å²) < 4.78 is 0. The minimum atomic E-state index is 0.229. The third kappa shape index (κ3) is 2.31. The van der Waals surface area contributed by atoms with Crippen LogP contribution in [0.4, 0.5) is 5.69 Å². The van der Waals surface area contributed by atoms with Crippen molar-refractivity contribution in [2.75, 3.05) is 0 Å². The summed E-state index contributed by atoms with van der Waals surface area (Å²) in [7, 11) is 0. The van der Waals surface area contributed by atoms with Crippen molar-refractivity contribution >= 4 is 17.2 Å². The van der Waals surface area contributed by atoms with Gasteiger partial charge in [0.1, 0.15) is 11.9 Å². The first kappa shape index (κ1) is 10.5. The minimum absolute atomic E-state index is 0.229. The lowest BCUT2D eigenvalue weighted by molar-refractivity contribution is -0.118. The third-order valence-electron chi connectivity index (χ3n) is 2.52. The molecule has 80 valence electrons. The molecule has 1 aromatic heterocycles. The Bertz CT molecular complexity index is 485. The molecule has 1 fully saturated rings. The van der Waals surface area contributed by atoms with Crippen LogP contribution in [0, 0.1) is 11.3 Å². The first-order valence-corrected chi connectivity index (χ1v) is 5.22. The number of nitrogens with zero attached hydrogens (tertiary/aromatic N) is 3. The molecule has 0 N–H and O–H groups in total. The van der Waals surface area contributed by atoms with E-state index in [1.54, 1.807) is 18.5 Å². The van der Waals surface area contributed by atoms with Crippen LogP contribution in [0.2, 0.25) is 0 Å². The highest BCUT2D eigenvalue weighted by atomic mass is 16.1. The average Bonchev–Trinajstić information content (AvgIpc) is 2.30. The van der Waals surface area contributed by atoms with Crippen molar-refractivity contribution in [2.45, 2.75) is 25.7 Å². The SMILES string of the molecule is N#Cc1ccncc1N=C1CCCC(=O)C1. The molecule has 1 saturated carbocycles. The maximum atomic E-state index is 11.3. The fourth-order valence-corrected chi connectivity index (χ4v) is 1.73. The van der Waals surface area contributed by atoms with Gasteiger partial charge in [-0.2, -0.15) is 5.26 Å². The lowest BCUT2D eigenvalue weighted by Gasteiger charge is -2.11. The number of rotatable bonds is 1. The molecule has 4 nitrogen and oxygen atoms in total. The molecule has 0 aromatic carbocycles. The van der Waals surface area contributed by atoms with Gasteiger partial charge in [-0.25, -0.2) is 0 Å². The summed E-state index contributed by atoms with van der Waals surface area (Å²) in [6.07, 6.45) is 5.89. The van der Waals surface area contributed by atoms with Gasteiger partial charge < -0.3 is 0 Å². The summed E-state index contributed by atoms with van der Waals surface area (Å²) >= 11 is 0. The molecule has 0 radical (unpaired) electrons. The highest BCUT2D eigenvalue weighted by molar-refractivity contribution is 6.04. The molecule has 4 heteroatoms. The molecule has 16 heavy (non-hydrogen) atoms. The van der Waals surface area contributed by atoms with E-state index in [4.69, 9.17) is 5.26 Å². The summed E-state index contributed by atoms with van der Waals surface area (Å²) in [5.74, 6) is 0.229. The van der Waals surface area contributed by atoms with Crippen LogP contribution in [0.25, 0.3) is 0 Å². The van der Waals surface area contributed by atoms with Gasteiger partial charge in [-0.15, -0.1) is 0 Å². The second-order valence-corrected chi connectivity index (χ2v) is 3.75. The molecule has 0 saturated heterocycles. The molecule has 0 spiro atoms. The van der Waals surface area contributed by atoms with Gasteiger partial charge in [-0.3, -0.25) is 14.8 Å². The van der Waals surface area contributed by atoms with Crippen LogP contribution < -0.4 is 0 Å². The zero-order valence-corrected chi connectivity index (χ0v) is 8.81. The van der Waals surface area contributed by atoms with E-state index >= 15 is 0 Å². The van der Waals surface area contributed by atoms with E-state index in [1.165, 1.54) is 0 Å². The van der Waals surface area contributed by atoms with E-state index in [9.17, 15) is 4.79 Å². The number of aliphatic imine (C=N–C) groups is 1. The van der Waals surface area contributed by atoms with Crippen molar-refractivity contribution in [3.05, 3.63) is 24.0 Å². The number of ketones is 1. The van der Waals surface area contributed by atoms with E-state index in [2.05, 4.69) is 16.0 Å². The van der Waals surface area contributed by atoms with Crippen molar-refractivity contribution in [3.63, 3.8) is 0 Å². The number of hydrogen-bond acceptors (Lipinski definition) is 4. The van der Waals surface area contributed by atoms with Crippen LogP contribution in [0.5, 0.6) is 0 Å². The van der Waals surface area contributed by atoms with Gasteiger partial charge >= 0.3 is 0 Å². The second-order valence-electron chi connectivity index (χ2n) is 3.75. The van der Waals surface area contributed by atoms with Crippen LogP contribution in [-0.4, -0.2) is 16.5 Å². The normalized spacial score (nSPS) is 18.4. The quantitative estimate of drug-likeness (QED) is 0.718. The molecule has 0 atom stereocenters. The van der Waals surface area contributed by atoms with E-state index in [-0.39, 0.29) is 5.78 Å². The Morgan fingerprint density at radius 2 is 2.31 bits per heavy atom. The van der Waals surface area contributed by atoms with Crippen LogP contribution in [0.1, 0.15) is 31.2 Å². The van der Waals surface area contributed by atoms with E-state index in [0.717, 1.165) is 18.6 Å². The predicted octanol–water partition coefficient (Wildman–Crippen LogP) is 2.17. The van der Waals surface area contributed by atoms with E-state index in [1.807, 2.05) is 0 Å². The Morgan fingerprint density at radius 3 is 3.06 bits per heavy atom. The first-order chi connectivity index (χ1) is 7.79. The van der Waals surface area contributed by atoms with Gasteiger partial charge in [0.05, 0.1) is 17.4 Å². The minimum Gasteiger partial charge on any atom is -0.299 e. The molecular weight excluding hydrogens is 202 g/mol. The second kappa shape index (κ2) is 4.67. The van der Waals surface area contributed by atoms with Crippen molar-refractivity contribution < 1.29 is 4.79 Å². The van der Waals surface area contributed by atoms with Gasteiger partial charge in [0.15, 0.2) is 0 Å². The summed E-state index contributed by atoms with van der Waals surface area (Å²) in [5, 5.41) is 8.89. The van der Waals surface area contributed by atoms with Crippen LogP contribution in [0.15, 0.2) is 23.5 Å². The maximum absolute atomic E-state index is 11.3. The number of carbonyl (C=O) groups is 1. The molecule has 1 aliphatic rings. The van der Waals surface area contributed by atoms with Gasteiger partial charge in [0.2, 0.25) is 0 Å². The largest absolute Gasteiger partial charge is 0.299 e. The summed E-state index contributed by atoms with van der Waals surface area (Å²) in [5.41, 5.74) is 1.93. The van der Waals surface area contributed by atoms with Crippen LogP contribution in [-0.2, 0) is 4.79 Å². The molecule has 1 aromatic rings. The van der Waals surface area contributed by atoms with Gasteiger partial charge in [0.25, 0.3) is 0 Å². The maximum Gasteiger partial charge on any atom is 0.138 e. The van der Waals surface area contributed by atoms with E-state index in [0.29, 0.717) is 24.1 Å². The first-order valence-electron chi connectivity index (χ1n) is 5.22. The van der Waals surface area contributed by atoms with Crippen molar-refractivity contribution in [1.29, 1.82) is 5.26 Å². The summed E-state index contributed by atoms with van der Waals surface area (Å²) in [6.45, 7) is 0. The van der Waals surface area contributed by atoms with Gasteiger partial charge in [-0.1, -0.05) is 0 Å². The van der Waals surface area contributed by atoms with Crippen LogP contribution in [0.3, 0.4) is 0 Å². The van der Waals surface area contributed by atoms with Crippen LogP contribution >= 0.6 is 0 Å². The average molecular weight is 213 g/mol. The highest BCUT2D eigenvalue weighted by Gasteiger charge is 2.14. The number of Topliss-reactive ketones (excluding diaryl/α,β-unsaturated/α-hetero) is 1. The molecule has 0 unspecified atom stereocenters. The topological polar surface area (TPSA) is 66.1 Å². The van der Waals surface area contributed by atoms with Gasteiger partial charge in [0, 0.05) is 24.8 Å². The Hall–Kier alpha value is -2.02. The van der Waals surface area contributed by atoms with Crippen molar-refractivity contribution in [2.24, 2.45) is 4.99 Å². The van der Waals surface area contributed by atoms with Crippen molar-refractivity contribution in [3.8, 4) is 6.07 Å². The lowest BCUT2D eigenvalue weighted by Crippen LogP contribution is -2.14. The Balaban J connectivity index is 2.28. The number of pyridine rings is 1. The molecule has 1 heterocycles. The Labute approximate surface area is 93.6 Å².